The number of piperazine rings is 1. The molecule has 0 unspecified atom stereocenters. The molecule has 1 aromatic heterocycles. The van der Waals surface area contributed by atoms with E-state index in [-0.39, 0.29) is 18.3 Å². The molecule has 0 saturated carbocycles. The number of rotatable bonds is 2. The van der Waals surface area contributed by atoms with E-state index in [2.05, 4.69) is 10.4 Å². The van der Waals surface area contributed by atoms with Gasteiger partial charge in [0.05, 0.1) is 5.69 Å². The lowest BCUT2D eigenvalue weighted by molar-refractivity contribution is 0.0728. The zero-order valence-electron chi connectivity index (χ0n) is 13.0. The summed E-state index contributed by atoms with van der Waals surface area (Å²) in [6, 6.07) is 10.1. The van der Waals surface area contributed by atoms with E-state index in [1.165, 1.54) is 5.69 Å². The summed E-state index contributed by atoms with van der Waals surface area (Å²) in [6.07, 6.45) is 3.09. The molecule has 1 aliphatic carbocycles. The minimum Gasteiger partial charge on any atom is -0.335 e. The van der Waals surface area contributed by atoms with Crippen molar-refractivity contribution in [3.8, 4) is 5.69 Å². The van der Waals surface area contributed by atoms with Crippen LogP contribution in [0.5, 0.6) is 0 Å². The Morgan fingerprint density at radius 2 is 1.83 bits per heavy atom. The third-order valence-corrected chi connectivity index (χ3v) is 4.54. The van der Waals surface area contributed by atoms with Gasteiger partial charge in [-0.05, 0) is 31.4 Å². The number of halogens is 1. The second-order valence-electron chi connectivity index (χ2n) is 5.92. The van der Waals surface area contributed by atoms with Gasteiger partial charge in [-0.25, -0.2) is 4.68 Å². The van der Waals surface area contributed by atoms with Gasteiger partial charge in [-0.15, -0.1) is 12.4 Å². The molecule has 1 N–H and O–H groups in total. The largest absolute Gasteiger partial charge is 0.335 e. The van der Waals surface area contributed by atoms with Crippen molar-refractivity contribution in [3.05, 3.63) is 47.3 Å². The Morgan fingerprint density at radius 1 is 1.09 bits per heavy atom. The summed E-state index contributed by atoms with van der Waals surface area (Å²) in [5.74, 6) is 0.0920. The van der Waals surface area contributed by atoms with Gasteiger partial charge < -0.3 is 10.2 Å². The maximum absolute atomic E-state index is 12.8. The van der Waals surface area contributed by atoms with Crippen LogP contribution in [0.3, 0.4) is 0 Å². The van der Waals surface area contributed by atoms with E-state index in [1.807, 2.05) is 39.9 Å². The minimum atomic E-state index is 0. The quantitative estimate of drug-likeness (QED) is 0.912. The Bertz CT molecular complexity index is 692. The van der Waals surface area contributed by atoms with Crippen LogP contribution in [0.25, 0.3) is 5.69 Å². The fourth-order valence-electron chi connectivity index (χ4n) is 3.41. The standard InChI is InChI=1S/C17H20N4O.ClH/c22-17(20-11-9-18-10-12-20)16-14-7-4-8-15(14)21(19-16)13-5-2-1-3-6-13;/h1-3,5-6,18H,4,7-12H2;1H. The molecule has 5 nitrogen and oxygen atoms in total. The molecule has 4 rings (SSSR count). The SMILES string of the molecule is Cl.O=C(c1nn(-c2ccccc2)c2c1CCC2)N1CCNCC1. The molecule has 23 heavy (non-hydrogen) atoms. The van der Waals surface area contributed by atoms with Gasteiger partial charge in [-0.1, -0.05) is 18.2 Å². The van der Waals surface area contributed by atoms with E-state index >= 15 is 0 Å². The average Bonchev–Trinajstić information content (AvgIpc) is 3.18. The van der Waals surface area contributed by atoms with Crippen molar-refractivity contribution in [2.24, 2.45) is 0 Å². The normalized spacial score (nSPS) is 16.8. The number of hydrogen-bond donors (Lipinski definition) is 1. The molecule has 1 amide bonds. The lowest BCUT2D eigenvalue weighted by atomic mass is 10.1. The van der Waals surface area contributed by atoms with Gasteiger partial charge in [0.15, 0.2) is 5.69 Å². The zero-order chi connectivity index (χ0) is 14.9. The summed E-state index contributed by atoms with van der Waals surface area (Å²) in [6.45, 7) is 3.28. The number of amides is 1. The Kier molecular flexibility index (Phi) is 4.68. The molecule has 0 radical (unpaired) electrons. The van der Waals surface area contributed by atoms with Crippen molar-refractivity contribution in [2.45, 2.75) is 19.3 Å². The predicted molar refractivity (Wildman–Crippen MR) is 91.6 cm³/mol. The smallest absolute Gasteiger partial charge is 0.274 e. The molecule has 1 aliphatic heterocycles. The highest BCUT2D eigenvalue weighted by atomic mass is 35.5. The number of carbonyl (C=O) groups excluding carboxylic acids is 1. The van der Waals surface area contributed by atoms with E-state index in [9.17, 15) is 4.79 Å². The molecule has 0 spiro atoms. The summed E-state index contributed by atoms with van der Waals surface area (Å²) < 4.78 is 1.97. The fourth-order valence-corrected chi connectivity index (χ4v) is 3.41. The highest BCUT2D eigenvalue weighted by Crippen LogP contribution is 2.28. The van der Waals surface area contributed by atoms with Gasteiger partial charge in [0.1, 0.15) is 0 Å². The average molecular weight is 333 g/mol. The molecular weight excluding hydrogens is 312 g/mol. The van der Waals surface area contributed by atoms with E-state index in [0.717, 1.165) is 56.7 Å². The first-order valence-electron chi connectivity index (χ1n) is 8.01. The van der Waals surface area contributed by atoms with Crippen molar-refractivity contribution in [2.75, 3.05) is 26.2 Å². The summed E-state index contributed by atoms with van der Waals surface area (Å²) in [5.41, 5.74) is 4.08. The second-order valence-corrected chi connectivity index (χ2v) is 5.92. The molecule has 2 aromatic rings. The monoisotopic (exact) mass is 332 g/mol. The number of carbonyl (C=O) groups is 1. The first kappa shape index (κ1) is 16.0. The van der Waals surface area contributed by atoms with Gasteiger partial charge in [0, 0.05) is 37.4 Å². The van der Waals surface area contributed by atoms with E-state index in [0.29, 0.717) is 5.69 Å². The van der Waals surface area contributed by atoms with Gasteiger partial charge in [-0.3, -0.25) is 4.79 Å². The molecule has 1 aromatic carbocycles. The van der Waals surface area contributed by atoms with Crippen molar-refractivity contribution in [1.82, 2.24) is 20.0 Å². The summed E-state index contributed by atoms with van der Waals surface area (Å²) >= 11 is 0. The zero-order valence-corrected chi connectivity index (χ0v) is 13.8. The Morgan fingerprint density at radius 3 is 2.57 bits per heavy atom. The molecule has 2 aliphatic rings. The van der Waals surface area contributed by atoms with Gasteiger partial charge in [0.2, 0.25) is 0 Å². The van der Waals surface area contributed by atoms with E-state index in [4.69, 9.17) is 0 Å². The molecule has 1 saturated heterocycles. The third-order valence-electron chi connectivity index (χ3n) is 4.54. The van der Waals surface area contributed by atoms with Gasteiger partial charge >= 0.3 is 0 Å². The molecule has 122 valence electrons. The second kappa shape index (κ2) is 6.72. The third kappa shape index (κ3) is 2.86. The first-order valence-corrected chi connectivity index (χ1v) is 8.01. The predicted octanol–water partition coefficient (Wildman–Crippen LogP) is 1.83. The Hall–Kier alpha value is -1.85. The van der Waals surface area contributed by atoms with Crippen LogP contribution in [0.15, 0.2) is 30.3 Å². The topological polar surface area (TPSA) is 50.2 Å². The van der Waals surface area contributed by atoms with Crippen molar-refractivity contribution in [1.29, 1.82) is 0 Å². The van der Waals surface area contributed by atoms with Crippen LogP contribution in [0, 0.1) is 0 Å². The molecule has 0 atom stereocenters. The maximum Gasteiger partial charge on any atom is 0.274 e. The summed E-state index contributed by atoms with van der Waals surface area (Å²) in [5, 5.41) is 7.97. The number of aromatic nitrogens is 2. The van der Waals surface area contributed by atoms with Crippen LogP contribution in [0.2, 0.25) is 0 Å². The highest BCUT2D eigenvalue weighted by molar-refractivity contribution is 5.94. The van der Waals surface area contributed by atoms with Crippen molar-refractivity contribution < 1.29 is 4.79 Å². The molecule has 0 bridgehead atoms. The Labute approximate surface area is 142 Å². The van der Waals surface area contributed by atoms with E-state index < -0.39 is 0 Å². The van der Waals surface area contributed by atoms with Crippen LogP contribution in [-0.4, -0.2) is 46.8 Å². The number of nitrogens with one attached hydrogen (secondary N) is 1. The molecule has 2 heterocycles. The number of nitrogens with zero attached hydrogens (tertiary/aromatic N) is 3. The number of fused-ring (bicyclic) bond motifs is 1. The lowest BCUT2D eigenvalue weighted by Gasteiger charge is -2.26. The first-order chi connectivity index (χ1) is 10.8. The summed E-state index contributed by atoms with van der Waals surface area (Å²) in [4.78, 5) is 14.7. The minimum absolute atomic E-state index is 0. The van der Waals surface area contributed by atoms with E-state index in [1.54, 1.807) is 0 Å². The van der Waals surface area contributed by atoms with Crippen LogP contribution < -0.4 is 5.32 Å². The molecule has 1 fully saturated rings. The molecule has 6 heteroatoms. The maximum atomic E-state index is 12.8. The van der Waals surface area contributed by atoms with Crippen LogP contribution in [-0.2, 0) is 12.8 Å². The summed E-state index contributed by atoms with van der Waals surface area (Å²) in [7, 11) is 0. The fraction of sp³-hybridized carbons (Fsp3) is 0.412. The van der Waals surface area contributed by atoms with Crippen LogP contribution in [0.1, 0.15) is 28.2 Å². The van der Waals surface area contributed by atoms with Gasteiger partial charge in [-0.2, -0.15) is 5.10 Å². The van der Waals surface area contributed by atoms with Gasteiger partial charge in [0.25, 0.3) is 5.91 Å². The highest BCUT2D eigenvalue weighted by Gasteiger charge is 2.29. The molecular formula is C17H21ClN4O. The Balaban J connectivity index is 0.00000156. The van der Waals surface area contributed by atoms with Crippen molar-refractivity contribution >= 4 is 18.3 Å². The van der Waals surface area contributed by atoms with Crippen molar-refractivity contribution in [3.63, 3.8) is 0 Å². The number of para-hydroxylation sites is 1. The number of benzene rings is 1. The van der Waals surface area contributed by atoms with Crippen LogP contribution in [0.4, 0.5) is 0 Å². The number of hydrogen-bond acceptors (Lipinski definition) is 3. The lowest BCUT2D eigenvalue weighted by Crippen LogP contribution is -2.46. The van der Waals surface area contributed by atoms with Crippen LogP contribution >= 0.6 is 12.4 Å².